The second-order valence-electron chi connectivity index (χ2n) is 6.28. The number of pyridine rings is 1. The van der Waals surface area contributed by atoms with Gasteiger partial charge in [-0.2, -0.15) is 0 Å². The fourth-order valence-electron chi connectivity index (χ4n) is 2.63. The maximum atomic E-state index is 11.9. The lowest BCUT2D eigenvalue weighted by Crippen LogP contribution is -2.13. The first-order valence-corrected chi connectivity index (χ1v) is 7.87. The Balaban J connectivity index is 1.89. The molecule has 0 aliphatic carbocycles. The first-order chi connectivity index (χ1) is 11.0. The molecule has 0 saturated carbocycles. The number of aromatic nitrogens is 2. The van der Waals surface area contributed by atoms with Crippen molar-refractivity contribution in [3.8, 4) is 11.3 Å². The van der Waals surface area contributed by atoms with Crippen molar-refractivity contribution >= 4 is 17.2 Å². The fraction of sp³-hybridized carbons (Fsp3) is 0.263. The maximum Gasteiger partial charge on any atom is 0.224 e. The third-order valence-electron chi connectivity index (χ3n) is 3.71. The summed E-state index contributed by atoms with van der Waals surface area (Å²) in [6, 6.07) is 11.9. The number of fused-ring (bicyclic) bond motifs is 1. The van der Waals surface area contributed by atoms with Crippen LogP contribution in [0.25, 0.3) is 16.9 Å². The smallest absolute Gasteiger partial charge is 0.224 e. The SMILES string of the molecule is Cc1cccn2cc(-c3cccc(NC(=O)CC(C)C)c3)nc12. The Kier molecular flexibility index (Phi) is 4.15. The minimum atomic E-state index is 0.0444. The second kappa shape index (κ2) is 6.24. The van der Waals surface area contributed by atoms with Crippen LogP contribution in [-0.4, -0.2) is 15.3 Å². The molecule has 118 valence electrons. The summed E-state index contributed by atoms with van der Waals surface area (Å²) in [6.07, 6.45) is 4.53. The highest BCUT2D eigenvalue weighted by Crippen LogP contribution is 2.23. The summed E-state index contributed by atoms with van der Waals surface area (Å²) in [4.78, 5) is 16.6. The summed E-state index contributed by atoms with van der Waals surface area (Å²) >= 11 is 0. The van der Waals surface area contributed by atoms with Gasteiger partial charge in [0.05, 0.1) is 5.69 Å². The minimum Gasteiger partial charge on any atom is -0.326 e. The molecular weight excluding hydrogens is 286 g/mol. The molecule has 0 bridgehead atoms. The molecule has 4 heteroatoms. The minimum absolute atomic E-state index is 0.0444. The average molecular weight is 307 g/mol. The number of nitrogens with zero attached hydrogens (tertiary/aromatic N) is 2. The monoisotopic (exact) mass is 307 g/mol. The number of aryl methyl sites for hydroxylation is 1. The van der Waals surface area contributed by atoms with Gasteiger partial charge >= 0.3 is 0 Å². The van der Waals surface area contributed by atoms with E-state index in [2.05, 4.69) is 18.3 Å². The number of imidazole rings is 1. The van der Waals surface area contributed by atoms with E-state index in [4.69, 9.17) is 4.98 Å². The summed E-state index contributed by atoms with van der Waals surface area (Å²) in [7, 11) is 0. The van der Waals surface area contributed by atoms with Crippen LogP contribution in [-0.2, 0) is 4.79 Å². The lowest BCUT2D eigenvalue weighted by Gasteiger charge is -2.08. The Hall–Kier alpha value is -2.62. The first-order valence-electron chi connectivity index (χ1n) is 7.87. The van der Waals surface area contributed by atoms with Crippen molar-refractivity contribution in [2.24, 2.45) is 5.92 Å². The molecule has 1 amide bonds. The van der Waals surface area contributed by atoms with Crippen molar-refractivity contribution in [3.63, 3.8) is 0 Å². The molecule has 4 nitrogen and oxygen atoms in total. The third kappa shape index (κ3) is 3.42. The van der Waals surface area contributed by atoms with E-state index in [9.17, 15) is 4.79 Å². The van der Waals surface area contributed by atoms with Gasteiger partial charge in [-0.05, 0) is 36.6 Å². The second-order valence-corrected chi connectivity index (χ2v) is 6.28. The number of anilines is 1. The number of hydrogen-bond donors (Lipinski definition) is 1. The summed E-state index contributed by atoms with van der Waals surface area (Å²) in [5, 5.41) is 2.96. The number of rotatable bonds is 4. The Morgan fingerprint density at radius 3 is 2.83 bits per heavy atom. The van der Waals surface area contributed by atoms with Crippen molar-refractivity contribution < 1.29 is 4.79 Å². The summed E-state index contributed by atoms with van der Waals surface area (Å²) in [5.74, 6) is 0.391. The molecule has 1 N–H and O–H groups in total. The van der Waals surface area contributed by atoms with Crippen LogP contribution in [0.2, 0.25) is 0 Å². The molecule has 0 radical (unpaired) electrons. The van der Waals surface area contributed by atoms with Crippen LogP contribution >= 0.6 is 0 Å². The zero-order valence-electron chi connectivity index (χ0n) is 13.7. The molecule has 1 aromatic carbocycles. The lowest BCUT2D eigenvalue weighted by atomic mass is 10.1. The molecule has 0 aliphatic heterocycles. The Morgan fingerprint density at radius 2 is 2.09 bits per heavy atom. The Morgan fingerprint density at radius 1 is 1.26 bits per heavy atom. The maximum absolute atomic E-state index is 11.9. The van der Waals surface area contributed by atoms with Gasteiger partial charge in [0.1, 0.15) is 5.65 Å². The van der Waals surface area contributed by atoms with E-state index < -0.39 is 0 Å². The molecule has 2 aromatic heterocycles. The van der Waals surface area contributed by atoms with Gasteiger partial charge in [0, 0.05) is 30.1 Å². The van der Waals surface area contributed by atoms with E-state index in [-0.39, 0.29) is 5.91 Å². The average Bonchev–Trinajstić information content (AvgIpc) is 2.92. The highest BCUT2D eigenvalue weighted by atomic mass is 16.1. The number of hydrogen-bond acceptors (Lipinski definition) is 2. The van der Waals surface area contributed by atoms with Gasteiger partial charge in [-0.1, -0.05) is 32.0 Å². The van der Waals surface area contributed by atoms with Gasteiger partial charge in [-0.15, -0.1) is 0 Å². The molecule has 0 saturated heterocycles. The van der Waals surface area contributed by atoms with Crippen molar-refractivity contribution in [1.82, 2.24) is 9.38 Å². The van der Waals surface area contributed by atoms with Gasteiger partial charge < -0.3 is 9.72 Å². The number of amides is 1. The zero-order valence-corrected chi connectivity index (χ0v) is 13.7. The number of carbonyl (C=O) groups is 1. The van der Waals surface area contributed by atoms with Crippen LogP contribution in [0.5, 0.6) is 0 Å². The topological polar surface area (TPSA) is 46.4 Å². The first kappa shape index (κ1) is 15.3. The van der Waals surface area contributed by atoms with E-state index in [0.29, 0.717) is 12.3 Å². The van der Waals surface area contributed by atoms with Crippen molar-refractivity contribution in [3.05, 3.63) is 54.4 Å². The molecule has 2 heterocycles. The van der Waals surface area contributed by atoms with Crippen LogP contribution in [0.1, 0.15) is 25.8 Å². The highest BCUT2D eigenvalue weighted by Gasteiger charge is 2.09. The fourth-order valence-corrected chi connectivity index (χ4v) is 2.63. The van der Waals surface area contributed by atoms with Gasteiger partial charge in [-0.3, -0.25) is 4.79 Å². The Bertz CT molecular complexity index is 849. The molecule has 3 aromatic rings. The summed E-state index contributed by atoms with van der Waals surface area (Å²) < 4.78 is 2.02. The van der Waals surface area contributed by atoms with E-state index >= 15 is 0 Å². The predicted molar refractivity (Wildman–Crippen MR) is 93.4 cm³/mol. The third-order valence-corrected chi connectivity index (χ3v) is 3.71. The van der Waals surface area contributed by atoms with Gasteiger partial charge in [0.25, 0.3) is 0 Å². The van der Waals surface area contributed by atoms with Crippen LogP contribution < -0.4 is 5.32 Å². The van der Waals surface area contributed by atoms with E-state index in [1.54, 1.807) is 0 Å². The van der Waals surface area contributed by atoms with E-state index in [1.807, 2.05) is 61.0 Å². The zero-order chi connectivity index (χ0) is 16.4. The van der Waals surface area contributed by atoms with Crippen LogP contribution in [0.15, 0.2) is 48.8 Å². The summed E-state index contributed by atoms with van der Waals surface area (Å²) in [5.41, 5.74) is 4.80. The summed E-state index contributed by atoms with van der Waals surface area (Å²) in [6.45, 7) is 6.12. The normalized spacial score (nSPS) is 11.1. The van der Waals surface area contributed by atoms with Crippen molar-refractivity contribution in [2.45, 2.75) is 27.2 Å². The standard InChI is InChI=1S/C19H21N3O/c1-13(2)10-18(23)20-16-8-4-7-15(11-16)17-12-22-9-5-6-14(3)19(22)21-17/h4-9,11-13H,10H2,1-3H3,(H,20,23). The van der Waals surface area contributed by atoms with Crippen molar-refractivity contribution in [2.75, 3.05) is 5.32 Å². The van der Waals surface area contributed by atoms with Gasteiger partial charge in [-0.25, -0.2) is 4.98 Å². The quantitative estimate of drug-likeness (QED) is 0.781. The highest BCUT2D eigenvalue weighted by molar-refractivity contribution is 5.91. The van der Waals surface area contributed by atoms with Crippen LogP contribution in [0.4, 0.5) is 5.69 Å². The number of nitrogens with one attached hydrogen (secondary N) is 1. The molecular formula is C19H21N3O. The Labute approximate surface area is 136 Å². The molecule has 3 rings (SSSR count). The number of carbonyl (C=O) groups excluding carboxylic acids is 1. The van der Waals surface area contributed by atoms with Gasteiger partial charge in [0.15, 0.2) is 0 Å². The number of benzene rings is 1. The van der Waals surface area contributed by atoms with Crippen molar-refractivity contribution in [1.29, 1.82) is 0 Å². The molecule has 0 atom stereocenters. The molecule has 0 spiro atoms. The van der Waals surface area contributed by atoms with E-state index in [0.717, 1.165) is 28.2 Å². The lowest BCUT2D eigenvalue weighted by molar-refractivity contribution is -0.116. The van der Waals surface area contributed by atoms with Crippen LogP contribution in [0, 0.1) is 12.8 Å². The molecule has 23 heavy (non-hydrogen) atoms. The van der Waals surface area contributed by atoms with Crippen LogP contribution in [0.3, 0.4) is 0 Å². The molecule has 0 fully saturated rings. The predicted octanol–water partition coefficient (Wildman–Crippen LogP) is 4.29. The largest absolute Gasteiger partial charge is 0.326 e. The van der Waals surface area contributed by atoms with Gasteiger partial charge in [0.2, 0.25) is 5.91 Å². The molecule has 0 aliphatic rings. The van der Waals surface area contributed by atoms with E-state index in [1.165, 1.54) is 0 Å². The molecule has 0 unspecified atom stereocenters.